The fourth-order valence-electron chi connectivity index (χ4n) is 3.17. The molecule has 0 bridgehead atoms. The predicted molar refractivity (Wildman–Crippen MR) is 85.5 cm³/mol. The maximum atomic E-state index is 12.6. The molecule has 3 nitrogen and oxygen atoms in total. The number of hydrogen-bond acceptors (Lipinski definition) is 2. The summed E-state index contributed by atoms with van der Waals surface area (Å²) in [5.41, 5.74) is 0.0469. The maximum absolute atomic E-state index is 12.6. The summed E-state index contributed by atoms with van der Waals surface area (Å²) in [6.07, 6.45) is -0.527. The van der Waals surface area contributed by atoms with Crippen LogP contribution in [0.25, 0.3) is 0 Å². The second-order valence-electron chi connectivity index (χ2n) is 6.69. The van der Waals surface area contributed by atoms with Crippen LogP contribution in [0.2, 0.25) is 0 Å². The average molecular weight is 343 g/mol. The number of amides is 1. The molecule has 0 aliphatic heterocycles. The van der Waals surface area contributed by atoms with Crippen molar-refractivity contribution < 1.29 is 23.1 Å². The van der Waals surface area contributed by atoms with Crippen molar-refractivity contribution in [2.75, 3.05) is 6.61 Å². The van der Waals surface area contributed by atoms with Crippen LogP contribution in [-0.2, 0) is 11.0 Å². The SMILES string of the molecule is CC(CC(=O)NC1CCC(CO)CC1)c1ccc(C(F)(F)F)cc1. The van der Waals surface area contributed by atoms with Crippen LogP contribution in [0.3, 0.4) is 0 Å². The van der Waals surface area contributed by atoms with Crippen molar-refractivity contribution in [2.45, 2.75) is 57.2 Å². The molecule has 0 radical (unpaired) electrons. The Morgan fingerprint density at radius 2 is 1.79 bits per heavy atom. The molecule has 0 heterocycles. The minimum atomic E-state index is -4.34. The summed E-state index contributed by atoms with van der Waals surface area (Å²) in [5.74, 6) is 0.125. The monoisotopic (exact) mass is 343 g/mol. The number of benzene rings is 1. The third-order valence-corrected chi connectivity index (χ3v) is 4.77. The summed E-state index contributed by atoms with van der Waals surface area (Å²) < 4.78 is 37.7. The van der Waals surface area contributed by atoms with E-state index in [9.17, 15) is 18.0 Å². The number of carbonyl (C=O) groups excluding carboxylic acids is 1. The van der Waals surface area contributed by atoms with Crippen molar-refractivity contribution in [1.82, 2.24) is 5.32 Å². The van der Waals surface area contributed by atoms with E-state index in [-0.39, 0.29) is 30.9 Å². The molecular formula is C18H24F3NO2. The third kappa shape index (κ3) is 5.23. The summed E-state index contributed by atoms with van der Waals surface area (Å²) in [4.78, 5) is 12.1. The summed E-state index contributed by atoms with van der Waals surface area (Å²) in [5, 5.41) is 12.1. The normalized spacial score (nSPS) is 22.9. The van der Waals surface area contributed by atoms with Crippen LogP contribution < -0.4 is 5.32 Å². The van der Waals surface area contributed by atoms with Gasteiger partial charge in [-0.15, -0.1) is 0 Å². The van der Waals surface area contributed by atoms with Crippen LogP contribution >= 0.6 is 0 Å². The van der Waals surface area contributed by atoms with Crippen LogP contribution in [0.4, 0.5) is 13.2 Å². The minimum absolute atomic E-state index is 0.0742. The Balaban J connectivity index is 1.83. The van der Waals surface area contributed by atoms with E-state index in [1.807, 2.05) is 6.92 Å². The Labute approximate surface area is 140 Å². The molecule has 0 spiro atoms. The number of aliphatic hydroxyl groups excluding tert-OH is 1. The zero-order valence-electron chi connectivity index (χ0n) is 13.8. The zero-order chi connectivity index (χ0) is 17.7. The van der Waals surface area contributed by atoms with E-state index >= 15 is 0 Å². The van der Waals surface area contributed by atoms with Crippen molar-refractivity contribution in [1.29, 1.82) is 0 Å². The van der Waals surface area contributed by atoms with Gasteiger partial charge in [0.05, 0.1) is 5.56 Å². The van der Waals surface area contributed by atoms with E-state index in [0.29, 0.717) is 5.92 Å². The topological polar surface area (TPSA) is 49.3 Å². The second-order valence-corrected chi connectivity index (χ2v) is 6.69. The fourth-order valence-corrected chi connectivity index (χ4v) is 3.17. The summed E-state index contributed by atoms with van der Waals surface area (Å²) in [6.45, 7) is 2.04. The van der Waals surface area contributed by atoms with Gasteiger partial charge in [0.2, 0.25) is 5.91 Å². The molecule has 1 amide bonds. The van der Waals surface area contributed by atoms with Crippen LogP contribution in [0.1, 0.15) is 56.1 Å². The van der Waals surface area contributed by atoms with Gasteiger partial charge < -0.3 is 10.4 Å². The number of halogens is 3. The van der Waals surface area contributed by atoms with Gasteiger partial charge in [-0.2, -0.15) is 13.2 Å². The highest BCUT2D eigenvalue weighted by atomic mass is 19.4. The van der Waals surface area contributed by atoms with Gasteiger partial charge >= 0.3 is 6.18 Å². The molecule has 1 aliphatic rings. The number of rotatable bonds is 5. The first-order chi connectivity index (χ1) is 11.3. The lowest BCUT2D eigenvalue weighted by Gasteiger charge is -2.28. The first-order valence-electron chi connectivity index (χ1n) is 8.37. The zero-order valence-corrected chi connectivity index (χ0v) is 13.8. The molecule has 0 aromatic heterocycles. The van der Waals surface area contributed by atoms with E-state index < -0.39 is 11.7 Å². The Morgan fingerprint density at radius 1 is 1.21 bits per heavy atom. The molecule has 1 atom stereocenters. The second kappa shape index (κ2) is 8.01. The number of hydrogen-bond donors (Lipinski definition) is 2. The highest BCUT2D eigenvalue weighted by molar-refractivity contribution is 5.77. The standard InChI is InChI=1S/C18H24F3NO2/c1-12(14-4-6-15(7-5-14)18(19,20)21)10-17(24)22-16-8-2-13(11-23)3-9-16/h4-7,12-13,16,23H,2-3,8-11H2,1H3,(H,22,24). The lowest BCUT2D eigenvalue weighted by molar-refractivity contribution is -0.137. The first-order valence-corrected chi connectivity index (χ1v) is 8.37. The summed E-state index contributed by atoms with van der Waals surface area (Å²) in [6, 6.07) is 5.13. The smallest absolute Gasteiger partial charge is 0.396 e. The fraction of sp³-hybridized carbons (Fsp3) is 0.611. The maximum Gasteiger partial charge on any atom is 0.416 e. The molecule has 24 heavy (non-hydrogen) atoms. The molecule has 2 rings (SSSR count). The van der Waals surface area contributed by atoms with Gasteiger partial charge in [-0.1, -0.05) is 19.1 Å². The van der Waals surface area contributed by atoms with Gasteiger partial charge in [-0.05, 0) is 55.2 Å². The van der Waals surface area contributed by atoms with Crippen molar-refractivity contribution >= 4 is 5.91 Å². The van der Waals surface area contributed by atoms with E-state index in [2.05, 4.69) is 5.32 Å². The third-order valence-electron chi connectivity index (χ3n) is 4.77. The Hall–Kier alpha value is -1.56. The number of carbonyl (C=O) groups is 1. The van der Waals surface area contributed by atoms with Gasteiger partial charge in [-0.3, -0.25) is 4.79 Å². The van der Waals surface area contributed by atoms with Crippen molar-refractivity contribution in [3.63, 3.8) is 0 Å². The Kier molecular flexibility index (Phi) is 6.27. The van der Waals surface area contributed by atoms with Crippen molar-refractivity contribution in [3.8, 4) is 0 Å². The largest absolute Gasteiger partial charge is 0.416 e. The molecule has 0 saturated heterocycles. The van der Waals surface area contributed by atoms with Gasteiger partial charge in [0.15, 0.2) is 0 Å². The number of alkyl halides is 3. The highest BCUT2D eigenvalue weighted by Crippen LogP contribution is 2.30. The van der Waals surface area contributed by atoms with Crippen LogP contribution in [0.5, 0.6) is 0 Å². The molecule has 1 aromatic carbocycles. The Morgan fingerprint density at radius 3 is 2.29 bits per heavy atom. The predicted octanol–water partition coefficient (Wildman–Crippen LogP) is 3.87. The van der Waals surface area contributed by atoms with E-state index in [4.69, 9.17) is 5.11 Å². The van der Waals surface area contributed by atoms with Crippen LogP contribution in [-0.4, -0.2) is 23.7 Å². The molecule has 1 aliphatic carbocycles. The lowest BCUT2D eigenvalue weighted by Crippen LogP contribution is -2.38. The Bertz CT molecular complexity index is 534. The van der Waals surface area contributed by atoms with Crippen molar-refractivity contribution in [2.24, 2.45) is 5.92 Å². The molecule has 6 heteroatoms. The van der Waals surface area contributed by atoms with Crippen LogP contribution in [0, 0.1) is 5.92 Å². The quantitative estimate of drug-likeness (QED) is 0.853. The molecule has 1 saturated carbocycles. The highest BCUT2D eigenvalue weighted by Gasteiger charge is 2.30. The van der Waals surface area contributed by atoms with E-state index in [1.165, 1.54) is 12.1 Å². The van der Waals surface area contributed by atoms with E-state index in [0.717, 1.165) is 43.4 Å². The molecule has 2 N–H and O–H groups in total. The van der Waals surface area contributed by atoms with Gasteiger partial charge in [0.1, 0.15) is 0 Å². The summed E-state index contributed by atoms with van der Waals surface area (Å²) in [7, 11) is 0. The van der Waals surface area contributed by atoms with Crippen LogP contribution in [0.15, 0.2) is 24.3 Å². The van der Waals surface area contributed by atoms with E-state index in [1.54, 1.807) is 0 Å². The van der Waals surface area contributed by atoms with Gasteiger partial charge in [-0.25, -0.2) is 0 Å². The molecule has 1 aromatic rings. The summed E-state index contributed by atoms with van der Waals surface area (Å²) >= 11 is 0. The van der Waals surface area contributed by atoms with Gasteiger partial charge in [0, 0.05) is 19.1 Å². The minimum Gasteiger partial charge on any atom is -0.396 e. The van der Waals surface area contributed by atoms with Gasteiger partial charge in [0.25, 0.3) is 0 Å². The first kappa shape index (κ1) is 18.8. The molecule has 1 fully saturated rings. The molecule has 134 valence electrons. The number of aliphatic hydroxyl groups is 1. The lowest BCUT2D eigenvalue weighted by atomic mass is 9.86. The van der Waals surface area contributed by atoms with Crippen molar-refractivity contribution in [3.05, 3.63) is 35.4 Å². The number of nitrogens with one attached hydrogen (secondary N) is 1. The molecular weight excluding hydrogens is 319 g/mol. The molecule has 1 unspecified atom stereocenters. The average Bonchev–Trinajstić information content (AvgIpc) is 2.54.